The van der Waals surface area contributed by atoms with Crippen molar-refractivity contribution < 1.29 is 18.0 Å². The van der Waals surface area contributed by atoms with E-state index in [1.807, 2.05) is 6.92 Å². The number of carbonyl (C=O) groups is 2. The van der Waals surface area contributed by atoms with E-state index in [0.29, 0.717) is 48.5 Å². The Kier molecular flexibility index (Phi) is 6.05. The van der Waals surface area contributed by atoms with E-state index in [2.05, 4.69) is 10.6 Å². The zero-order chi connectivity index (χ0) is 22.2. The van der Waals surface area contributed by atoms with Gasteiger partial charge in [-0.05, 0) is 74.1 Å². The van der Waals surface area contributed by atoms with E-state index in [1.165, 1.54) is 10.4 Å². The molecule has 7 nitrogen and oxygen atoms in total. The Morgan fingerprint density at radius 3 is 2.74 bits per heavy atom. The highest BCUT2D eigenvalue weighted by molar-refractivity contribution is 7.89. The number of anilines is 2. The number of nitrogens with zero attached hydrogens (tertiary/aromatic N) is 1. The van der Waals surface area contributed by atoms with E-state index in [0.717, 1.165) is 11.1 Å². The summed E-state index contributed by atoms with van der Waals surface area (Å²) in [5, 5.41) is 6.14. The predicted molar refractivity (Wildman–Crippen MR) is 120 cm³/mol. The molecular formula is C22H24ClN3O4S. The van der Waals surface area contributed by atoms with Crippen LogP contribution in [0.5, 0.6) is 0 Å². The van der Waals surface area contributed by atoms with Crippen LogP contribution in [0.2, 0.25) is 5.02 Å². The number of rotatable bonds is 4. The number of sulfonamides is 1. The first-order valence-corrected chi connectivity index (χ1v) is 12.1. The summed E-state index contributed by atoms with van der Waals surface area (Å²) in [7, 11) is -3.87. The molecular weight excluding hydrogens is 438 g/mol. The van der Waals surface area contributed by atoms with E-state index in [1.54, 1.807) is 30.3 Å². The smallest absolute Gasteiger partial charge is 0.243 e. The lowest BCUT2D eigenvalue weighted by Gasteiger charge is -2.24. The Morgan fingerprint density at radius 2 is 1.97 bits per heavy atom. The molecule has 1 saturated heterocycles. The molecule has 0 aromatic heterocycles. The molecule has 4 rings (SSSR count). The summed E-state index contributed by atoms with van der Waals surface area (Å²) in [6, 6.07) is 9.15. The van der Waals surface area contributed by atoms with Crippen LogP contribution >= 0.6 is 11.6 Å². The molecule has 1 fully saturated rings. The topological polar surface area (TPSA) is 95.6 Å². The lowest BCUT2D eigenvalue weighted by molar-refractivity contribution is -0.119. The normalized spacial score (nSPS) is 19.4. The monoisotopic (exact) mass is 461 g/mol. The molecule has 0 radical (unpaired) electrons. The van der Waals surface area contributed by atoms with E-state index >= 15 is 0 Å². The van der Waals surface area contributed by atoms with Crippen molar-refractivity contribution in [1.29, 1.82) is 0 Å². The Bertz CT molecular complexity index is 1150. The Morgan fingerprint density at radius 1 is 1.16 bits per heavy atom. The minimum atomic E-state index is -3.87. The summed E-state index contributed by atoms with van der Waals surface area (Å²) in [5.74, 6) is -0.440. The third-order valence-corrected chi connectivity index (χ3v) is 8.06. The highest BCUT2D eigenvalue weighted by Gasteiger charge is 2.39. The van der Waals surface area contributed by atoms with Crippen LogP contribution in [0.15, 0.2) is 41.3 Å². The van der Waals surface area contributed by atoms with E-state index in [9.17, 15) is 18.0 Å². The van der Waals surface area contributed by atoms with Crippen molar-refractivity contribution in [1.82, 2.24) is 4.31 Å². The number of benzene rings is 2. The van der Waals surface area contributed by atoms with Gasteiger partial charge in [0.25, 0.3) is 0 Å². The SMILES string of the molecule is Cc1ccc(NC(=O)C2CCCN2S(=O)(=O)c2ccc3c(c2)CCCC(=O)N3)cc1Cl. The summed E-state index contributed by atoms with van der Waals surface area (Å²) in [6.45, 7) is 2.15. The number of carbonyl (C=O) groups excluding carboxylic acids is 2. The average Bonchev–Trinajstić information content (AvgIpc) is 3.15. The second kappa shape index (κ2) is 8.61. The minimum absolute atomic E-state index is 0.0677. The standard InChI is InChI=1S/C22H24ClN3O4S/c1-14-7-8-16(13-18(14)23)24-22(28)20-5-3-11-26(20)31(29,30)17-9-10-19-15(12-17)4-2-6-21(27)25-19/h7-10,12-13,20H,2-6,11H2,1H3,(H,24,28)(H,25,27). The molecule has 2 amide bonds. The molecule has 1 atom stereocenters. The summed E-state index contributed by atoms with van der Waals surface area (Å²) in [5.41, 5.74) is 2.87. The molecule has 2 aliphatic rings. The summed E-state index contributed by atoms with van der Waals surface area (Å²) >= 11 is 6.13. The van der Waals surface area contributed by atoms with E-state index in [-0.39, 0.29) is 23.3 Å². The van der Waals surface area contributed by atoms with Gasteiger partial charge in [0.1, 0.15) is 6.04 Å². The number of hydrogen-bond donors (Lipinski definition) is 2. The van der Waals surface area contributed by atoms with Gasteiger partial charge in [-0.25, -0.2) is 8.42 Å². The van der Waals surface area contributed by atoms with Crippen molar-refractivity contribution in [2.24, 2.45) is 0 Å². The first kappa shape index (κ1) is 21.8. The Balaban J connectivity index is 1.57. The van der Waals surface area contributed by atoms with Gasteiger partial charge >= 0.3 is 0 Å². The van der Waals surface area contributed by atoms with Crippen molar-refractivity contribution in [2.45, 2.75) is 50.0 Å². The zero-order valence-corrected chi connectivity index (χ0v) is 18.7. The molecule has 2 aromatic carbocycles. The van der Waals surface area contributed by atoms with Crippen LogP contribution in [-0.4, -0.2) is 37.1 Å². The molecule has 2 N–H and O–H groups in total. The number of fused-ring (bicyclic) bond motifs is 1. The van der Waals surface area contributed by atoms with Crippen LogP contribution in [0.25, 0.3) is 0 Å². The van der Waals surface area contributed by atoms with Gasteiger partial charge in [-0.3, -0.25) is 9.59 Å². The first-order valence-electron chi connectivity index (χ1n) is 10.3. The molecule has 9 heteroatoms. The maximum atomic E-state index is 13.4. The van der Waals surface area contributed by atoms with Gasteiger partial charge in [0.15, 0.2) is 0 Å². The fourth-order valence-electron chi connectivity index (χ4n) is 4.03. The number of aryl methyl sites for hydroxylation is 2. The third-order valence-electron chi connectivity index (χ3n) is 5.75. The predicted octanol–water partition coefficient (Wildman–Crippen LogP) is 3.72. The number of halogens is 1. The molecule has 0 bridgehead atoms. The Labute approximate surface area is 186 Å². The van der Waals surface area contributed by atoms with Crippen molar-refractivity contribution in [3.05, 3.63) is 52.5 Å². The number of nitrogens with one attached hydrogen (secondary N) is 2. The molecule has 0 saturated carbocycles. The maximum absolute atomic E-state index is 13.4. The lowest BCUT2D eigenvalue weighted by atomic mass is 10.1. The van der Waals surface area contributed by atoms with Gasteiger partial charge in [-0.15, -0.1) is 0 Å². The molecule has 2 heterocycles. The highest BCUT2D eigenvalue weighted by Crippen LogP contribution is 2.31. The third kappa shape index (κ3) is 4.46. The van der Waals surface area contributed by atoms with Crippen molar-refractivity contribution in [2.75, 3.05) is 17.2 Å². The summed E-state index contributed by atoms with van der Waals surface area (Å²) in [6.07, 6.45) is 2.75. The van der Waals surface area contributed by atoms with Crippen LogP contribution in [0.4, 0.5) is 11.4 Å². The minimum Gasteiger partial charge on any atom is -0.326 e. The fraction of sp³-hybridized carbons (Fsp3) is 0.364. The van der Waals surface area contributed by atoms with Crippen molar-refractivity contribution in [3.8, 4) is 0 Å². The van der Waals surface area contributed by atoms with Gasteiger partial charge in [0.05, 0.1) is 4.90 Å². The quantitative estimate of drug-likeness (QED) is 0.725. The van der Waals surface area contributed by atoms with E-state index in [4.69, 9.17) is 11.6 Å². The van der Waals surface area contributed by atoms with Crippen LogP contribution in [0.1, 0.15) is 36.8 Å². The van der Waals surface area contributed by atoms with Gasteiger partial charge in [-0.2, -0.15) is 4.31 Å². The summed E-state index contributed by atoms with van der Waals surface area (Å²) < 4.78 is 28.0. The lowest BCUT2D eigenvalue weighted by Crippen LogP contribution is -2.43. The van der Waals surface area contributed by atoms with Gasteiger partial charge in [0, 0.05) is 29.4 Å². The van der Waals surface area contributed by atoms with E-state index < -0.39 is 16.1 Å². The number of hydrogen-bond acceptors (Lipinski definition) is 4. The fourth-order valence-corrected chi connectivity index (χ4v) is 5.92. The van der Waals surface area contributed by atoms with Crippen LogP contribution < -0.4 is 10.6 Å². The largest absolute Gasteiger partial charge is 0.326 e. The molecule has 2 aromatic rings. The molecule has 2 aliphatic heterocycles. The number of amides is 2. The maximum Gasteiger partial charge on any atom is 0.243 e. The molecule has 0 spiro atoms. The molecule has 31 heavy (non-hydrogen) atoms. The van der Waals surface area contributed by atoms with Gasteiger partial charge in [0.2, 0.25) is 21.8 Å². The van der Waals surface area contributed by atoms with Gasteiger partial charge < -0.3 is 10.6 Å². The van der Waals surface area contributed by atoms with Crippen molar-refractivity contribution in [3.63, 3.8) is 0 Å². The second-order valence-electron chi connectivity index (χ2n) is 7.95. The highest BCUT2D eigenvalue weighted by atomic mass is 35.5. The Hall–Kier alpha value is -2.42. The first-order chi connectivity index (χ1) is 14.8. The van der Waals surface area contributed by atoms with Gasteiger partial charge in [-0.1, -0.05) is 17.7 Å². The van der Waals surface area contributed by atoms with Crippen molar-refractivity contribution >= 4 is 44.8 Å². The average molecular weight is 462 g/mol. The van der Waals surface area contributed by atoms with Crippen LogP contribution in [0.3, 0.4) is 0 Å². The summed E-state index contributed by atoms with van der Waals surface area (Å²) in [4.78, 5) is 24.8. The second-order valence-corrected chi connectivity index (χ2v) is 10.2. The zero-order valence-electron chi connectivity index (χ0n) is 17.2. The molecule has 0 aliphatic carbocycles. The molecule has 1 unspecified atom stereocenters. The molecule has 164 valence electrons. The van der Waals surface area contributed by atoms with Crippen LogP contribution in [0, 0.1) is 6.92 Å². The van der Waals surface area contributed by atoms with Crippen LogP contribution in [-0.2, 0) is 26.0 Å².